The number of amides is 1. The lowest BCUT2D eigenvalue weighted by Gasteiger charge is -2.23. The molecule has 0 aliphatic carbocycles. The zero-order valence-corrected chi connectivity index (χ0v) is 26.2. The molecule has 9 nitrogen and oxygen atoms in total. The largest absolute Gasteiger partial charge is 0.507 e. The van der Waals surface area contributed by atoms with E-state index in [0.717, 1.165) is 5.56 Å². The van der Waals surface area contributed by atoms with E-state index in [2.05, 4.69) is 16.8 Å². The normalized spacial score (nSPS) is 15.8. The summed E-state index contributed by atoms with van der Waals surface area (Å²) in [7, 11) is 1.53. The van der Waals surface area contributed by atoms with Crippen LogP contribution in [-0.2, 0) is 15.3 Å². The van der Waals surface area contributed by atoms with E-state index < -0.39 is 17.7 Å². The predicted molar refractivity (Wildman–Crippen MR) is 172 cm³/mol. The fraction of sp³-hybridized carbons (Fsp3) is 0.188. The minimum Gasteiger partial charge on any atom is -0.507 e. The van der Waals surface area contributed by atoms with Crippen molar-refractivity contribution in [2.45, 2.75) is 23.1 Å². The van der Waals surface area contributed by atoms with Gasteiger partial charge >= 0.3 is 5.91 Å². The first-order valence-electron chi connectivity index (χ1n) is 13.5. The zero-order valence-electron chi connectivity index (χ0n) is 23.9. The van der Waals surface area contributed by atoms with E-state index in [-0.39, 0.29) is 23.1 Å². The molecule has 1 fully saturated rings. The Hall–Kier alpha value is -4.32. The highest BCUT2D eigenvalue weighted by Crippen LogP contribution is 2.45. The number of hydrogen-bond acceptors (Lipinski definition) is 10. The minimum atomic E-state index is -1.02. The maximum absolute atomic E-state index is 13.6. The number of carbonyl (C=O) groups is 2. The molecule has 1 aromatic heterocycles. The maximum Gasteiger partial charge on any atom is 0.301 e. The summed E-state index contributed by atoms with van der Waals surface area (Å²) in [6, 6.07) is 18.1. The second kappa shape index (κ2) is 14.0. The SMILES string of the molecule is C=CCOc1ccc(C2/C(=C(\O)c3ccc(OC)cc3)C(=O)C(=O)N2c2nnc(SCc3ccc(Cl)cc3)s2)cc1OCC. The standard InChI is InChI=1S/C32H28ClN3O6S2/c1-4-16-42-24-15-10-21(17-25(24)41-5-2)27-26(28(37)20-8-13-23(40-3)14-9-20)29(38)30(39)36(27)31-34-35-32(44-31)43-18-19-6-11-22(33)12-7-19/h4,6-15,17,27,37H,1,5,16,18H2,2-3H3/b28-26+. The molecule has 0 bridgehead atoms. The first-order valence-corrected chi connectivity index (χ1v) is 15.7. The van der Waals surface area contributed by atoms with Crippen molar-refractivity contribution in [2.75, 3.05) is 25.2 Å². The fourth-order valence-corrected chi connectivity index (χ4v) is 6.51. The number of anilines is 1. The summed E-state index contributed by atoms with van der Waals surface area (Å²) in [5, 5.41) is 20.9. The minimum absolute atomic E-state index is 0.0899. The molecule has 2 heterocycles. The van der Waals surface area contributed by atoms with E-state index in [1.807, 2.05) is 31.2 Å². The van der Waals surface area contributed by atoms with E-state index >= 15 is 0 Å². The third kappa shape index (κ3) is 6.59. The Labute approximate surface area is 267 Å². The van der Waals surface area contributed by atoms with Crippen LogP contribution in [0.5, 0.6) is 17.2 Å². The van der Waals surface area contributed by atoms with Gasteiger partial charge in [-0.05, 0) is 66.6 Å². The van der Waals surface area contributed by atoms with Gasteiger partial charge in [0.1, 0.15) is 18.1 Å². The first-order chi connectivity index (χ1) is 21.3. The third-order valence-electron chi connectivity index (χ3n) is 6.63. The summed E-state index contributed by atoms with van der Waals surface area (Å²) >= 11 is 8.63. The Bertz CT molecular complexity index is 1710. The lowest BCUT2D eigenvalue weighted by molar-refractivity contribution is -0.132. The number of aliphatic hydroxyl groups is 1. The number of aliphatic hydroxyl groups excluding tert-OH is 1. The lowest BCUT2D eigenvalue weighted by atomic mass is 9.95. The molecule has 5 rings (SSSR count). The van der Waals surface area contributed by atoms with Gasteiger partial charge in [0.05, 0.1) is 25.3 Å². The topological polar surface area (TPSA) is 111 Å². The number of Topliss-reactive ketones (excluding diaryl/α,β-unsaturated/α-hetero) is 1. The zero-order chi connectivity index (χ0) is 31.2. The van der Waals surface area contributed by atoms with Gasteiger partial charge in [-0.2, -0.15) is 0 Å². The molecule has 3 aromatic carbocycles. The molecule has 1 saturated heterocycles. The van der Waals surface area contributed by atoms with Gasteiger partial charge in [0.2, 0.25) is 5.13 Å². The number of aromatic nitrogens is 2. The van der Waals surface area contributed by atoms with Crippen molar-refractivity contribution in [1.29, 1.82) is 0 Å². The Morgan fingerprint density at radius 1 is 1.07 bits per heavy atom. The smallest absolute Gasteiger partial charge is 0.301 e. The van der Waals surface area contributed by atoms with Crippen LogP contribution in [0, 0.1) is 0 Å². The van der Waals surface area contributed by atoms with Crippen molar-refractivity contribution in [1.82, 2.24) is 10.2 Å². The average molecular weight is 650 g/mol. The number of hydrogen-bond donors (Lipinski definition) is 1. The number of carbonyl (C=O) groups excluding carboxylic acids is 2. The number of thioether (sulfide) groups is 1. The molecular weight excluding hydrogens is 622 g/mol. The molecular formula is C32H28ClN3O6S2. The summed E-state index contributed by atoms with van der Waals surface area (Å²) in [5.41, 5.74) is 1.81. The molecule has 1 unspecified atom stereocenters. The van der Waals surface area contributed by atoms with Crippen LogP contribution in [0.15, 0.2) is 89.3 Å². The van der Waals surface area contributed by atoms with E-state index in [9.17, 15) is 14.7 Å². The van der Waals surface area contributed by atoms with Crippen LogP contribution in [0.1, 0.15) is 29.7 Å². The number of ether oxygens (including phenoxy) is 3. The Morgan fingerprint density at radius 2 is 1.82 bits per heavy atom. The van der Waals surface area contributed by atoms with Crippen molar-refractivity contribution in [3.8, 4) is 17.2 Å². The highest BCUT2D eigenvalue weighted by molar-refractivity contribution is 8.00. The highest BCUT2D eigenvalue weighted by Gasteiger charge is 2.48. The van der Waals surface area contributed by atoms with Crippen LogP contribution >= 0.6 is 34.7 Å². The van der Waals surface area contributed by atoms with Crippen LogP contribution in [0.25, 0.3) is 5.76 Å². The summed E-state index contributed by atoms with van der Waals surface area (Å²) in [5.74, 6) is 0.0601. The molecule has 1 aliphatic heterocycles. The first kappa shape index (κ1) is 31.1. The van der Waals surface area contributed by atoms with Gasteiger partial charge in [-0.15, -0.1) is 10.2 Å². The summed E-state index contributed by atoms with van der Waals surface area (Å²) in [4.78, 5) is 28.5. The Kier molecular flexibility index (Phi) is 9.89. The highest BCUT2D eigenvalue weighted by atomic mass is 35.5. The maximum atomic E-state index is 13.6. The monoisotopic (exact) mass is 649 g/mol. The van der Waals surface area contributed by atoms with Crippen LogP contribution < -0.4 is 19.1 Å². The summed E-state index contributed by atoms with van der Waals surface area (Å²) < 4.78 is 17.4. The van der Waals surface area contributed by atoms with Crippen molar-refractivity contribution in [3.63, 3.8) is 0 Å². The van der Waals surface area contributed by atoms with Crippen LogP contribution in [0.3, 0.4) is 0 Å². The summed E-state index contributed by atoms with van der Waals surface area (Å²) in [6.45, 7) is 6.14. The lowest BCUT2D eigenvalue weighted by Crippen LogP contribution is -2.29. The van der Waals surface area contributed by atoms with E-state index in [4.69, 9.17) is 25.8 Å². The molecule has 1 aliphatic rings. The number of nitrogens with zero attached hydrogens (tertiary/aromatic N) is 3. The van der Waals surface area contributed by atoms with Crippen molar-refractivity contribution in [3.05, 3.63) is 107 Å². The van der Waals surface area contributed by atoms with Gasteiger partial charge in [-0.25, -0.2) is 0 Å². The molecule has 12 heteroatoms. The number of halogens is 1. The van der Waals surface area contributed by atoms with Gasteiger partial charge < -0.3 is 19.3 Å². The van der Waals surface area contributed by atoms with Gasteiger partial charge in [0.15, 0.2) is 15.8 Å². The van der Waals surface area contributed by atoms with E-state index in [1.165, 1.54) is 35.1 Å². The predicted octanol–water partition coefficient (Wildman–Crippen LogP) is 7.08. The molecule has 44 heavy (non-hydrogen) atoms. The summed E-state index contributed by atoms with van der Waals surface area (Å²) in [6.07, 6.45) is 1.62. The van der Waals surface area contributed by atoms with Gasteiger partial charge in [-0.3, -0.25) is 14.5 Å². The molecule has 1 N–H and O–H groups in total. The van der Waals surface area contributed by atoms with Crippen LogP contribution in [-0.4, -0.2) is 47.3 Å². The Balaban J connectivity index is 1.57. The molecule has 0 radical (unpaired) electrons. The van der Waals surface area contributed by atoms with Crippen molar-refractivity contribution >= 4 is 57.3 Å². The third-order valence-corrected chi connectivity index (χ3v) is 9.00. The molecule has 1 amide bonds. The van der Waals surface area contributed by atoms with Gasteiger partial charge in [0.25, 0.3) is 5.78 Å². The molecule has 0 spiro atoms. The molecule has 226 valence electrons. The second-order valence-corrected chi connectivity index (χ2v) is 12.0. The number of benzene rings is 3. The van der Waals surface area contributed by atoms with Gasteiger partial charge in [-0.1, -0.05) is 65.6 Å². The van der Waals surface area contributed by atoms with E-state index in [1.54, 1.807) is 48.5 Å². The molecule has 1 atom stereocenters. The number of methoxy groups -OCH3 is 1. The Morgan fingerprint density at radius 3 is 2.50 bits per heavy atom. The van der Waals surface area contributed by atoms with Crippen LogP contribution in [0.2, 0.25) is 5.02 Å². The number of rotatable bonds is 12. The molecule has 4 aromatic rings. The average Bonchev–Trinajstić information content (AvgIpc) is 3.61. The van der Waals surface area contributed by atoms with Crippen molar-refractivity contribution in [2.24, 2.45) is 0 Å². The molecule has 0 saturated carbocycles. The van der Waals surface area contributed by atoms with E-state index in [0.29, 0.717) is 50.1 Å². The van der Waals surface area contributed by atoms with Crippen LogP contribution in [0.4, 0.5) is 5.13 Å². The quantitative estimate of drug-likeness (QED) is 0.0430. The van der Waals surface area contributed by atoms with Gasteiger partial charge in [0, 0.05) is 16.3 Å². The number of ketones is 1. The fourth-order valence-electron chi connectivity index (χ4n) is 4.56. The van der Waals surface area contributed by atoms with Crippen molar-refractivity contribution < 1.29 is 28.9 Å². The second-order valence-electron chi connectivity index (χ2n) is 9.40.